The van der Waals surface area contributed by atoms with Crippen molar-refractivity contribution in [2.75, 3.05) is 0 Å². The zero-order valence-electron chi connectivity index (χ0n) is 8.82. The zero-order chi connectivity index (χ0) is 12.7. The van der Waals surface area contributed by atoms with Crippen LogP contribution in [0.4, 0.5) is 8.78 Å². The van der Waals surface area contributed by atoms with Gasteiger partial charge in [0.15, 0.2) is 11.0 Å². The van der Waals surface area contributed by atoms with Crippen molar-refractivity contribution in [2.45, 2.75) is 0 Å². The molecule has 0 aliphatic heterocycles. The highest BCUT2D eigenvalue weighted by atomic mass is 35.5. The first-order valence-electron chi connectivity index (χ1n) is 5.01. The molecule has 6 heteroatoms. The average Bonchev–Trinajstić information content (AvgIpc) is 2.81. The molecule has 2 heterocycles. The van der Waals surface area contributed by atoms with Crippen LogP contribution in [-0.4, -0.2) is 9.97 Å². The lowest BCUT2D eigenvalue weighted by Crippen LogP contribution is -1.93. The molecule has 18 heavy (non-hydrogen) atoms. The second-order valence-corrected chi connectivity index (χ2v) is 4.87. The Hall–Kier alpha value is -1.59. The fraction of sp³-hybridized carbons (Fsp3) is 0. The summed E-state index contributed by atoms with van der Waals surface area (Å²) >= 11 is 7.39. The highest BCUT2D eigenvalue weighted by molar-refractivity contribution is 7.17. The predicted octanol–water partition coefficient (Wildman–Crippen LogP) is 4.29. The van der Waals surface area contributed by atoms with Crippen LogP contribution in [0, 0.1) is 11.6 Å². The van der Waals surface area contributed by atoms with Gasteiger partial charge in [-0.1, -0.05) is 11.6 Å². The standard InChI is InChI=1S/C12H5ClF2N2S/c13-11-10-9(3-4-18-10)16-12(17-11)7-5-6(14)1-2-8(7)15/h1-5H. The Kier molecular flexibility index (Phi) is 2.72. The Balaban J connectivity index is 2.27. The Bertz CT molecular complexity index is 742. The number of rotatable bonds is 1. The van der Waals surface area contributed by atoms with E-state index in [1.54, 1.807) is 6.07 Å². The van der Waals surface area contributed by atoms with Gasteiger partial charge in [0.1, 0.15) is 11.6 Å². The molecule has 0 unspecified atom stereocenters. The third kappa shape index (κ3) is 1.85. The van der Waals surface area contributed by atoms with E-state index in [0.717, 1.165) is 22.9 Å². The summed E-state index contributed by atoms with van der Waals surface area (Å²) < 4.78 is 27.5. The van der Waals surface area contributed by atoms with Gasteiger partial charge in [-0.2, -0.15) is 0 Å². The lowest BCUT2D eigenvalue weighted by atomic mass is 10.2. The van der Waals surface area contributed by atoms with E-state index in [0.29, 0.717) is 5.52 Å². The summed E-state index contributed by atoms with van der Waals surface area (Å²) in [5.41, 5.74) is 0.628. The molecule has 0 atom stereocenters. The van der Waals surface area contributed by atoms with Crippen LogP contribution in [0.3, 0.4) is 0 Å². The number of thiophene rings is 1. The topological polar surface area (TPSA) is 25.8 Å². The van der Waals surface area contributed by atoms with E-state index in [-0.39, 0.29) is 16.5 Å². The van der Waals surface area contributed by atoms with Gasteiger partial charge in [0.25, 0.3) is 0 Å². The lowest BCUT2D eigenvalue weighted by molar-refractivity contribution is 0.602. The molecule has 2 nitrogen and oxygen atoms in total. The second kappa shape index (κ2) is 4.26. The highest BCUT2D eigenvalue weighted by Crippen LogP contribution is 2.29. The van der Waals surface area contributed by atoms with Crippen LogP contribution >= 0.6 is 22.9 Å². The van der Waals surface area contributed by atoms with E-state index in [2.05, 4.69) is 9.97 Å². The first kappa shape index (κ1) is 11.5. The maximum atomic E-state index is 13.6. The minimum absolute atomic E-state index is 0.00463. The summed E-state index contributed by atoms with van der Waals surface area (Å²) in [4.78, 5) is 8.18. The monoisotopic (exact) mass is 282 g/mol. The van der Waals surface area contributed by atoms with Gasteiger partial charge in [0, 0.05) is 0 Å². The number of hydrogen-bond donors (Lipinski definition) is 0. The zero-order valence-corrected chi connectivity index (χ0v) is 10.4. The number of halogens is 3. The Labute approximate surface area is 110 Å². The molecule has 1 aromatic carbocycles. The molecule has 0 saturated heterocycles. The molecular weight excluding hydrogens is 278 g/mol. The van der Waals surface area contributed by atoms with Crippen LogP contribution in [-0.2, 0) is 0 Å². The summed E-state index contributed by atoms with van der Waals surface area (Å²) in [6, 6.07) is 4.90. The van der Waals surface area contributed by atoms with Crippen LogP contribution in [0.5, 0.6) is 0 Å². The van der Waals surface area contributed by atoms with Crippen molar-refractivity contribution in [3.8, 4) is 11.4 Å². The number of fused-ring (bicyclic) bond motifs is 1. The smallest absolute Gasteiger partial charge is 0.164 e. The van der Waals surface area contributed by atoms with Crippen molar-refractivity contribution in [1.29, 1.82) is 0 Å². The molecule has 3 aromatic rings. The van der Waals surface area contributed by atoms with Crippen molar-refractivity contribution in [2.24, 2.45) is 0 Å². The maximum Gasteiger partial charge on any atom is 0.164 e. The molecule has 0 aliphatic rings. The van der Waals surface area contributed by atoms with E-state index in [9.17, 15) is 8.78 Å². The van der Waals surface area contributed by atoms with Crippen LogP contribution in [0.25, 0.3) is 21.6 Å². The summed E-state index contributed by atoms with van der Waals surface area (Å²) in [6.45, 7) is 0. The fourth-order valence-electron chi connectivity index (χ4n) is 1.62. The molecule has 0 radical (unpaired) electrons. The SMILES string of the molecule is Fc1ccc(F)c(-c2nc(Cl)c3sccc3n2)c1. The Morgan fingerprint density at radius 1 is 1.11 bits per heavy atom. The van der Waals surface area contributed by atoms with Gasteiger partial charge in [-0.25, -0.2) is 18.7 Å². The van der Waals surface area contributed by atoms with Gasteiger partial charge in [0.05, 0.1) is 15.8 Å². The first-order chi connectivity index (χ1) is 8.65. The molecule has 0 saturated carbocycles. The van der Waals surface area contributed by atoms with Crippen LogP contribution < -0.4 is 0 Å². The average molecular weight is 283 g/mol. The minimum atomic E-state index is -0.581. The van der Waals surface area contributed by atoms with E-state index >= 15 is 0 Å². The number of benzene rings is 1. The van der Waals surface area contributed by atoms with Gasteiger partial charge in [-0.3, -0.25) is 0 Å². The summed E-state index contributed by atoms with van der Waals surface area (Å²) in [7, 11) is 0. The van der Waals surface area contributed by atoms with Gasteiger partial charge < -0.3 is 0 Å². The van der Waals surface area contributed by atoms with E-state index in [1.165, 1.54) is 11.3 Å². The van der Waals surface area contributed by atoms with Crippen molar-refractivity contribution in [1.82, 2.24) is 9.97 Å². The van der Waals surface area contributed by atoms with E-state index in [4.69, 9.17) is 11.6 Å². The van der Waals surface area contributed by atoms with Crippen molar-refractivity contribution < 1.29 is 8.78 Å². The number of nitrogens with zero attached hydrogens (tertiary/aromatic N) is 2. The third-order valence-corrected chi connectivity index (χ3v) is 3.73. The molecule has 90 valence electrons. The molecule has 0 amide bonds. The Morgan fingerprint density at radius 3 is 2.78 bits per heavy atom. The molecule has 0 N–H and O–H groups in total. The van der Waals surface area contributed by atoms with Crippen molar-refractivity contribution in [3.05, 3.63) is 46.4 Å². The molecule has 0 spiro atoms. The number of hydrogen-bond acceptors (Lipinski definition) is 3. The highest BCUT2D eigenvalue weighted by Gasteiger charge is 2.13. The van der Waals surface area contributed by atoms with Gasteiger partial charge in [-0.05, 0) is 29.6 Å². The van der Waals surface area contributed by atoms with Crippen molar-refractivity contribution in [3.63, 3.8) is 0 Å². The van der Waals surface area contributed by atoms with Gasteiger partial charge >= 0.3 is 0 Å². The molecule has 3 rings (SSSR count). The predicted molar refractivity (Wildman–Crippen MR) is 67.8 cm³/mol. The quantitative estimate of drug-likeness (QED) is 0.622. The minimum Gasteiger partial charge on any atom is -0.227 e. The molecule has 0 bridgehead atoms. The van der Waals surface area contributed by atoms with Crippen LogP contribution in [0.2, 0.25) is 5.15 Å². The lowest BCUT2D eigenvalue weighted by Gasteiger charge is -2.03. The Morgan fingerprint density at radius 2 is 1.94 bits per heavy atom. The number of aromatic nitrogens is 2. The third-order valence-electron chi connectivity index (χ3n) is 2.43. The summed E-state index contributed by atoms with van der Waals surface area (Å²) in [5, 5.41) is 2.06. The molecule has 2 aromatic heterocycles. The molecular formula is C12H5ClF2N2S. The molecule has 0 fully saturated rings. The van der Waals surface area contributed by atoms with Crippen molar-refractivity contribution >= 4 is 33.2 Å². The van der Waals surface area contributed by atoms with Gasteiger partial charge in [-0.15, -0.1) is 11.3 Å². The van der Waals surface area contributed by atoms with Crippen LogP contribution in [0.15, 0.2) is 29.6 Å². The summed E-state index contributed by atoms with van der Waals surface area (Å²) in [5.74, 6) is -1.04. The fourth-order valence-corrected chi connectivity index (χ4v) is 2.64. The first-order valence-corrected chi connectivity index (χ1v) is 6.27. The second-order valence-electron chi connectivity index (χ2n) is 3.60. The molecule has 0 aliphatic carbocycles. The normalized spacial score (nSPS) is 11.1. The maximum absolute atomic E-state index is 13.6. The van der Waals surface area contributed by atoms with Crippen LogP contribution in [0.1, 0.15) is 0 Å². The largest absolute Gasteiger partial charge is 0.227 e. The van der Waals surface area contributed by atoms with Gasteiger partial charge in [0.2, 0.25) is 0 Å². The summed E-state index contributed by atoms with van der Waals surface area (Å²) in [6.07, 6.45) is 0. The van der Waals surface area contributed by atoms with E-state index in [1.807, 2.05) is 5.38 Å². The van der Waals surface area contributed by atoms with E-state index < -0.39 is 11.6 Å².